The smallest absolute Gasteiger partial charge is 0.236 e. The number of rotatable bonds is 4. The van der Waals surface area contributed by atoms with Crippen molar-refractivity contribution in [2.75, 3.05) is 25.0 Å². The number of amides is 1. The van der Waals surface area contributed by atoms with Crippen LogP contribution in [0.1, 0.15) is 42.6 Å². The quantitative estimate of drug-likeness (QED) is 0.815. The summed E-state index contributed by atoms with van der Waals surface area (Å²) in [5.74, 6) is 0.907. The minimum absolute atomic E-state index is 0.0269. The minimum atomic E-state index is -0.746. The first kappa shape index (κ1) is 19.3. The predicted molar refractivity (Wildman–Crippen MR) is 117 cm³/mol. The van der Waals surface area contributed by atoms with Crippen molar-refractivity contribution < 1.29 is 4.79 Å². The molecule has 1 aromatic carbocycles. The number of hydrogen-bond donors (Lipinski definition) is 1. The zero-order chi connectivity index (χ0) is 21.0. The highest BCUT2D eigenvalue weighted by molar-refractivity contribution is 6.32. The number of halogens is 1. The number of fused-ring (bicyclic) bond motifs is 1. The standard InChI is InChI=1S/C22H25ClN6O/c1-3-16-17(23)18(13-9-10-13)26-21(25-16)29-11-15-19(30)28(2)20(24)27-22(15,12-29)14-7-5-4-6-8-14/h4-8,13,15H,3,9-12H2,1-2H3,(H2,24,27)/t15-,22+/m0/s1. The number of aryl methyl sites for hydroxylation is 1. The molecule has 5 rings (SSSR count). The first-order valence-electron chi connectivity index (χ1n) is 10.4. The number of carbonyl (C=O) groups excluding carboxylic acids is 1. The topological polar surface area (TPSA) is 87.7 Å². The summed E-state index contributed by atoms with van der Waals surface area (Å²) >= 11 is 6.59. The molecule has 0 spiro atoms. The average molecular weight is 425 g/mol. The second-order valence-electron chi connectivity index (χ2n) is 8.39. The van der Waals surface area contributed by atoms with Crippen molar-refractivity contribution in [3.05, 3.63) is 52.3 Å². The fourth-order valence-electron chi connectivity index (χ4n) is 4.60. The second kappa shape index (κ2) is 6.94. The van der Waals surface area contributed by atoms with Crippen molar-refractivity contribution in [3.63, 3.8) is 0 Å². The SMILES string of the molecule is CCc1nc(N2C[C@H]3C(=O)N(C)C(N)=N[C@@]3(c3ccccc3)C2)nc(C2CC2)c1Cl. The Morgan fingerprint density at radius 2 is 1.97 bits per heavy atom. The Morgan fingerprint density at radius 3 is 2.63 bits per heavy atom. The van der Waals surface area contributed by atoms with E-state index in [1.54, 1.807) is 7.05 Å². The van der Waals surface area contributed by atoms with Crippen molar-refractivity contribution in [2.24, 2.45) is 16.6 Å². The van der Waals surface area contributed by atoms with Gasteiger partial charge in [-0.05, 0) is 24.8 Å². The Bertz CT molecular complexity index is 1040. The molecule has 1 aromatic heterocycles. The van der Waals surface area contributed by atoms with E-state index in [1.807, 2.05) is 37.3 Å². The molecule has 1 aliphatic carbocycles. The lowest BCUT2D eigenvalue weighted by molar-refractivity contribution is -0.132. The fourth-order valence-corrected chi connectivity index (χ4v) is 4.97. The third kappa shape index (κ3) is 2.87. The van der Waals surface area contributed by atoms with Crippen molar-refractivity contribution in [1.82, 2.24) is 14.9 Å². The highest BCUT2D eigenvalue weighted by Gasteiger charge is 2.56. The van der Waals surface area contributed by atoms with Crippen LogP contribution in [-0.2, 0) is 16.8 Å². The van der Waals surface area contributed by atoms with Crippen LogP contribution >= 0.6 is 11.6 Å². The Balaban J connectivity index is 1.61. The molecule has 3 aliphatic rings. The molecule has 2 aromatic rings. The molecule has 2 aliphatic heterocycles. The van der Waals surface area contributed by atoms with Crippen LogP contribution in [0.25, 0.3) is 0 Å². The zero-order valence-corrected chi connectivity index (χ0v) is 17.9. The molecule has 2 N–H and O–H groups in total. The van der Waals surface area contributed by atoms with Crippen LogP contribution in [0, 0.1) is 5.92 Å². The number of aliphatic imine (C=N–C) groups is 1. The molecular weight excluding hydrogens is 400 g/mol. The summed E-state index contributed by atoms with van der Waals surface area (Å²) in [6.07, 6.45) is 2.96. The number of nitrogens with two attached hydrogens (primary N) is 1. The van der Waals surface area contributed by atoms with Gasteiger partial charge >= 0.3 is 0 Å². The zero-order valence-electron chi connectivity index (χ0n) is 17.2. The number of nitrogens with zero attached hydrogens (tertiary/aromatic N) is 5. The predicted octanol–water partition coefficient (Wildman–Crippen LogP) is 2.69. The Hall–Kier alpha value is -2.67. The number of guanidine groups is 1. The molecule has 156 valence electrons. The van der Waals surface area contributed by atoms with Crippen LogP contribution in [0.15, 0.2) is 35.3 Å². The first-order chi connectivity index (χ1) is 14.4. The summed E-state index contributed by atoms with van der Waals surface area (Å²) < 4.78 is 0. The first-order valence-corrected chi connectivity index (χ1v) is 10.8. The third-order valence-electron chi connectivity index (χ3n) is 6.49. The fraction of sp³-hybridized carbons (Fsp3) is 0.455. The normalized spacial score (nSPS) is 26.0. The van der Waals surface area contributed by atoms with E-state index >= 15 is 0 Å². The van der Waals surface area contributed by atoms with Gasteiger partial charge in [-0.3, -0.25) is 9.69 Å². The molecule has 0 unspecified atom stereocenters. The van der Waals surface area contributed by atoms with Crippen LogP contribution in [0.5, 0.6) is 0 Å². The second-order valence-corrected chi connectivity index (χ2v) is 8.77. The van der Waals surface area contributed by atoms with Gasteiger partial charge in [0.2, 0.25) is 11.9 Å². The van der Waals surface area contributed by atoms with E-state index in [0.29, 0.717) is 30.0 Å². The molecule has 0 radical (unpaired) electrons. The van der Waals surface area contributed by atoms with Gasteiger partial charge in [0.25, 0.3) is 0 Å². The monoisotopic (exact) mass is 424 g/mol. The van der Waals surface area contributed by atoms with E-state index in [1.165, 1.54) is 4.90 Å². The van der Waals surface area contributed by atoms with Gasteiger partial charge in [-0.1, -0.05) is 48.9 Å². The Kier molecular flexibility index (Phi) is 4.47. The van der Waals surface area contributed by atoms with Gasteiger partial charge in [0.1, 0.15) is 5.54 Å². The van der Waals surface area contributed by atoms with Gasteiger partial charge in [0.15, 0.2) is 5.96 Å². The number of aromatic nitrogens is 2. The lowest BCUT2D eigenvalue weighted by atomic mass is 9.79. The van der Waals surface area contributed by atoms with E-state index in [-0.39, 0.29) is 17.8 Å². The van der Waals surface area contributed by atoms with Crippen LogP contribution in [0.4, 0.5) is 5.95 Å². The molecule has 30 heavy (non-hydrogen) atoms. The molecule has 3 heterocycles. The van der Waals surface area contributed by atoms with Crippen LogP contribution in [-0.4, -0.2) is 46.9 Å². The molecule has 1 saturated carbocycles. The highest BCUT2D eigenvalue weighted by Crippen LogP contribution is 2.46. The number of carbonyl (C=O) groups is 1. The minimum Gasteiger partial charge on any atom is -0.369 e. The van der Waals surface area contributed by atoms with E-state index < -0.39 is 5.54 Å². The van der Waals surface area contributed by atoms with Crippen molar-refractivity contribution in [3.8, 4) is 0 Å². The Morgan fingerprint density at radius 1 is 1.23 bits per heavy atom. The van der Waals surface area contributed by atoms with Crippen molar-refractivity contribution >= 4 is 29.4 Å². The summed E-state index contributed by atoms with van der Waals surface area (Å²) in [6.45, 7) is 3.04. The summed E-state index contributed by atoms with van der Waals surface area (Å²) in [4.78, 5) is 31.2. The molecule has 1 amide bonds. The molecule has 8 heteroatoms. The summed E-state index contributed by atoms with van der Waals surface area (Å²) in [7, 11) is 1.68. The van der Waals surface area contributed by atoms with E-state index in [2.05, 4.69) is 4.90 Å². The van der Waals surface area contributed by atoms with Gasteiger partial charge in [-0.2, -0.15) is 0 Å². The summed E-state index contributed by atoms with van der Waals surface area (Å²) in [6, 6.07) is 9.93. The van der Waals surface area contributed by atoms with E-state index in [9.17, 15) is 4.79 Å². The molecular formula is C22H25ClN6O. The number of hydrogen-bond acceptors (Lipinski definition) is 6. The van der Waals surface area contributed by atoms with E-state index in [0.717, 1.165) is 36.2 Å². The Labute approximate surface area is 181 Å². The lowest BCUT2D eigenvalue weighted by Crippen LogP contribution is -2.54. The summed E-state index contributed by atoms with van der Waals surface area (Å²) in [5, 5.41) is 0.691. The third-order valence-corrected chi connectivity index (χ3v) is 6.90. The van der Waals surface area contributed by atoms with Crippen molar-refractivity contribution in [1.29, 1.82) is 0 Å². The maximum absolute atomic E-state index is 13.2. The van der Waals surface area contributed by atoms with Crippen LogP contribution in [0.2, 0.25) is 5.02 Å². The van der Waals surface area contributed by atoms with Crippen molar-refractivity contribution in [2.45, 2.75) is 37.6 Å². The van der Waals surface area contributed by atoms with Gasteiger partial charge in [-0.25, -0.2) is 15.0 Å². The van der Waals surface area contributed by atoms with Gasteiger partial charge in [0.05, 0.1) is 28.9 Å². The number of anilines is 1. The number of benzene rings is 1. The highest BCUT2D eigenvalue weighted by atomic mass is 35.5. The molecule has 2 fully saturated rings. The van der Waals surface area contributed by atoms with Crippen LogP contribution in [0.3, 0.4) is 0 Å². The van der Waals surface area contributed by atoms with E-state index in [4.69, 9.17) is 32.3 Å². The molecule has 1 saturated heterocycles. The summed E-state index contributed by atoms with van der Waals surface area (Å²) in [5.41, 5.74) is 8.19. The molecule has 7 nitrogen and oxygen atoms in total. The van der Waals surface area contributed by atoms with Gasteiger partial charge in [-0.15, -0.1) is 0 Å². The average Bonchev–Trinajstić information content (AvgIpc) is 3.53. The molecule has 2 atom stereocenters. The van der Waals surface area contributed by atoms with Crippen LogP contribution < -0.4 is 10.6 Å². The maximum atomic E-state index is 13.2. The van der Waals surface area contributed by atoms with Gasteiger partial charge < -0.3 is 10.6 Å². The molecule has 0 bridgehead atoms. The lowest BCUT2D eigenvalue weighted by Gasteiger charge is -2.37. The largest absolute Gasteiger partial charge is 0.369 e. The van der Waals surface area contributed by atoms with Gasteiger partial charge in [0, 0.05) is 19.5 Å². The maximum Gasteiger partial charge on any atom is 0.236 e.